The van der Waals surface area contributed by atoms with Gasteiger partial charge in [0.25, 0.3) is 0 Å². The number of carbonyl (C=O) groups excluding carboxylic acids is 1. The Labute approximate surface area is 60.1 Å². The molecule has 0 atom stereocenters. The zero-order chi connectivity index (χ0) is 8.15. The van der Waals surface area contributed by atoms with Crippen LogP contribution in [0.3, 0.4) is 0 Å². The van der Waals surface area contributed by atoms with Crippen LogP contribution >= 0.6 is 0 Å². The Balaban J connectivity index is 4.30. The molecule has 0 radical (unpaired) electrons. The Kier molecular flexibility index (Phi) is 3.69. The molecule has 0 aromatic carbocycles. The highest BCUT2D eigenvalue weighted by atomic mass is 19.1. The molecule has 0 aliphatic carbocycles. The molecule has 3 heteroatoms. The molecule has 1 N–H and O–H groups in total. The Morgan fingerprint density at radius 1 is 1.60 bits per heavy atom. The van der Waals surface area contributed by atoms with E-state index in [-0.39, 0.29) is 23.7 Å². The van der Waals surface area contributed by atoms with E-state index < -0.39 is 0 Å². The quantitative estimate of drug-likeness (QED) is 0.584. The van der Waals surface area contributed by atoms with E-state index in [4.69, 9.17) is 0 Å². The van der Waals surface area contributed by atoms with Crippen molar-refractivity contribution in [3.8, 4) is 0 Å². The summed E-state index contributed by atoms with van der Waals surface area (Å²) in [7, 11) is 1.48. The first-order valence-electron chi connectivity index (χ1n) is 3.20. The molecule has 0 fully saturated rings. The molecule has 10 heavy (non-hydrogen) atoms. The van der Waals surface area contributed by atoms with Gasteiger partial charge in [-0.15, -0.1) is 0 Å². The molecule has 0 unspecified atom stereocenters. The lowest BCUT2D eigenvalue weighted by atomic mass is 10.2. The van der Waals surface area contributed by atoms with Crippen LogP contribution in [0.25, 0.3) is 0 Å². The zero-order valence-corrected chi connectivity index (χ0v) is 6.49. The molecule has 58 valence electrons. The van der Waals surface area contributed by atoms with Gasteiger partial charge in [0.05, 0.1) is 0 Å². The van der Waals surface area contributed by atoms with Crippen molar-refractivity contribution in [2.24, 2.45) is 0 Å². The lowest BCUT2D eigenvalue weighted by Gasteiger charge is -1.99. The van der Waals surface area contributed by atoms with Gasteiger partial charge in [0.1, 0.15) is 5.83 Å². The fourth-order valence-electron chi connectivity index (χ4n) is 0.576. The molecule has 0 bridgehead atoms. The summed E-state index contributed by atoms with van der Waals surface area (Å²) in [5.74, 6) is -0.696. The standard InChI is InChI=1S/C7H12FNO/c1-4-6(8)5(2)7(10)9-3/h4H2,1-3H3,(H,9,10)/b6-5-. The van der Waals surface area contributed by atoms with E-state index in [9.17, 15) is 9.18 Å². The molecule has 0 aromatic heterocycles. The van der Waals surface area contributed by atoms with Crippen LogP contribution in [0.4, 0.5) is 4.39 Å². The van der Waals surface area contributed by atoms with Crippen LogP contribution in [-0.4, -0.2) is 13.0 Å². The minimum absolute atomic E-state index is 0.171. The van der Waals surface area contributed by atoms with E-state index in [2.05, 4.69) is 5.32 Å². The third-order valence-electron chi connectivity index (χ3n) is 1.28. The number of rotatable bonds is 2. The number of hydrogen-bond donors (Lipinski definition) is 1. The Hall–Kier alpha value is -0.860. The smallest absolute Gasteiger partial charge is 0.249 e. The van der Waals surface area contributed by atoms with Gasteiger partial charge in [-0.1, -0.05) is 6.92 Å². The lowest BCUT2D eigenvalue weighted by Crippen LogP contribution is -2.19. The summed E-state index contributed by atoms with van der Waals surface area (Å²) in [6, 6.07) is 0. The lowest BCUT2D eigenvalue weighted by molar-refractivity contribution is -0.117. The Morgan fingerprint density at radius 2 is 2.10 bits per heavy atom. The molecule has 0 spiro atoms. The molecule has 0 saturated heterocycles. The van der Waals surface area contributed by atoms with Gasteiger partial charge in [-0.25, -0.2) is 4.39 Å². The molecule has 0 aliphatic rings. The average Bonchev–Trinajstić information content (AvgIpc) is 2.00. The summed E-state index contributed by atoms with van der Waals surface area (Å²) < 4.78 is 12.6. The summed E-state index contributed by atoms with van der Waals surface area (Å²) in [4.78, 5) is 10.7. The fraction of sp³-hybridized carbons (Fsp3) is 0.571. The van der Waals surface area contributed by atoms with E-state index in [0.29, 0.717) is 0 Å². The summed E-state index contributed by atoms with van der Waals surface area (Å²) in [6.07, 6.45) is 0.277. The maximum atomic E-state index is 12.6. The van der Waals surface area contributed by atoms with Crippen molar-refractivity contribution in [3.63, 3.8) is 0 Å². The van der Waals surface area contributed by atoms with Gasteiger partial charge in [0.15, 0.2) is 0 Å². The molecular formula is C7H12FNO. The molecule has 2 nitrogen and oxygen atoms in total. The molecular weight excluding hydrogens is 133 g/mol. The van der Waals surface area contributed by atoms with E-state index >= 15 is 0 Å². The normalized spacial score (nSPS) is 12.4. The predicted octanol–water partition coefficient (Wildman–Crippen LogP) is 1.39. The minimum Gasteiger partial charge on any atom is -0.355 e. The van der Waals surface area contributed by atoms with Crippen molar-refractivity contribution < 1.29 is 9.18 Å². The first-order chi connectivity index (χ1) is 4.63. The topological polar surface area (TPSA) is 29.1 Å². The second-order valence-corrected chi connectivity index (χ2v) is 1.96. The van der Waals surface area contributed by atoms with Crippen LogP contribution in [0.2, 0.25) is 0 Å². The second-order valence-electron chi connectivity index (χ2n) is 1.96. The third-order valence-corrected chi connectivity index (χ3v) is 1.28. The summed E-state index contributed by atoms with van der Waals surface area (Å²) >= 11 is 0. The first kappa shape index (κ1) is 9.14. The number of likely N-dealkylation sites (N-methyl/N-ethyl adjacent to an activating group) is 1. The number of amides is 1. The predicted molar refractivity (Wildman–Crippen MR) is 38.2 cm³/mol. The van der Waals surface area contributed by atoms with Crippen molar-refractivity contribution in [3.05, 3.63) is 11.4 Å². The SMILES string of the molecule is CC/C(F)=C(\C)C(=O)NC. The van der Waals surface area contributed by atoms with Crippen molar-refractivity contribution in [1.29, 1.82) is 0 Å². The van der Waals surface area contributed by atoms with Crippen molar-refractivity contribution in [2.75, 3.05) is 7.05 Å². The van der Waals surface area contributed by atoms with Gasteiger partial charge in [-0.2, -0.15) is 0 Å². The van der Waals surface area contributed by atoms with Crippen LogP contribution in [0.5, 0.6) is 0 Å². The molecule has 0 heterocycles. The largest absolute Gasteiger partial charge is 0.355 e. The number of allylic oxidation sites excluding steroid dienone is 1. The van der Waals surface area contributed by atoms with Gasteiger partial charge in [-0.3, -0.25) is 4.79 Å². The molecule has 0 rings (SSSR count). The molecule has 0 saturated carbocycles. The maximum absolute atomic E-state index is 12.6. The number of carbonyl (C=O) groups is 1. The molecule has 1 amide bonds. The highest BCUT2D eigenvalue weighted by Crippen LogP contribution is 2.08. The summed E-state index contributed by atoms with van der Waals surface area (Å²) in [5.41, 5.74) is 0.171. The van der Waals surface area contributed by atoms with Crippen molar-refractivity contribution in [2.45, 2.75) is 20.3 Å². The van der Waals surface area contributed by atoms with E-state index in [1.807, 2.05) is 0 Å². The van der Waals surface area contributed by atoms with E-state index in [1.165, 1.54) is 14.0 Å². The van der Waals surface area contributed by atoms with Gasteiger partial charge in [0.2, 0.25) is 5.91 Å². The maximum Gasteiger partial charge on any atom is 0.249 e. The van der Waals surface area contributed by atoms with Crippen LogP contribution in [0, 0.1) is 0 Å². The number of halogens is 1. The van der Waals surface area contributed by atoms with Gasteiger partial charge >= 0.3 is 0 Å². The number of hydrogen-bond acceptors (Lipinski definition) is 1. The Bertz CT molecular complexity index is 163. The minimum atomic E-state index is -0.348. The first-order valence-corrected chi connectivity index (χ1v) is 3.20. The zero-order valence-electron chi connectivity index (χ0n) is 6.49. The third kappa shape index (κ3) is 2.17. The molecule has 0 aliphatic heterocycles. The Morgan fingerprint density at radius 3 is 2.40 bits per heavy atom. The number of nitrogens with one attached hydrogen (secondary N) is 1. The monoisotopic (exact) mass is 145 g/mol. The molecule has 0 aromatic rings. The van der Waals surface area contributed by atoms with E-state index in [0.717, 1.165) is 0 Å². The fourth-order valence-corrected chi connectivity index (χ4v) is 0.576. The van der Waals surface area contributed by atoms with Crippen LogP contribution < -0.4 is 5.32 Å². The van der Waals surface area contributed by atoms with Gasteiger partial charge in [0, 0.05) is 12.6 Å². The van der Waals surface area contributed by atoms with Crippen molar-refractivity contribution >= 4 is 5.91 Å². The van der Waals surface area contributed by atoms with Gasteiger partial charge in [-0.05, 0) is 13.3 Å². The highest BCUT2D eigenvalue weighted by Gasteiger charge is 2.05. The van der Waals surface area contributed by atoms with Crippen LogP contribution in [0.1, 0.15) is 20.3 Å². The van der Waals surface area contributed by atoms with Crippen molar-refractivity contribution in [1.82, 2.24) is 5.32 Å². The summed E-state index contributed by atoms with van der Waals surface area (Å²) in [6.45, 7) is 3.14. The second kappa shape index (κ2) is 4.04. The van der Waals surface area contributed by atoms with Crippen LogP contribution in [0.15, 0.2) is 11.4 Å². The average molecular weight is 145 g/mol. The van der Waals surface area contributed by atoms with Gasteiger partial charge < -0.3 is 5.32 Å². The highest BCUT2D eigenvalue weighted by molar-refractivity contribution is 5.92. The summed E-state index contributed by atoms with van der Waals surface area (Å²) in [5, 5.41) is 2.34. The van der Waals surface area contributed by atoms with Crippen LogP contribution in [-0.2, 0) is 4.79 Å². The van der Waals surface area contributed by atoms with E-state index in [1.54, 1.807) is 6.92 Å².